The molecule has 3 fully saturated rings. The second-order valence-electron chi connectivity index (χ2n) is 9.01. The van der Waals surface area contributed by atoms with Crippen LogP contribution >= 0.6 is 0 Å². The molecule has 3 aliphatic heterocycles. The summed E-state index contributed by atoms with van der Waals surface area (Å²) in [6.07, 6.45) is 7.88. The third-order valence-electron chi connectivity index (χ3n) is 7.26. The van der Waals surface area contributed by atoms with E-state index in [0.717, 1.165) is 25.1 Å². The zero-order valence-corrected chi connectivity index (χ0v) is 17.7. The first-order chi connectivity index (χ1) is 14.2. The minimum atomic E-state index is 0.0705. The lowest BCUT2D eigenvalue weighted by Crippen LogP contribution is -2.65. The van der Waals surface area contributed by atoms with Crippen molar-refractivity contribution in [1.82, 2.24) is 9.80 Å². The number of para-hydroxylation sites is 1. The van der Waals surface area contributed by atoms with Gasteiger partial charge in [-0.15, -0.1) is 0 Å². The van der Waals surface area contributed by atoms with Gasteiger partial charge in [0.15, 0.2) is 0 Å². The Morgan fingerprint density at radius 2 is 1.86 bits per heavy atom. The lowest BCUT2D eigenvalue weighted by atomic mass is 9.69. The van der Waals surface area contributed by atoms with Crippen LogP contribution in [0.1, 0.15) is 58.3 Å². The minimum absolute atomic E-state index is 0.0705. The molecule has 0 saturated carbocycles. The Bertz CT molecular complexity index is 705. The van der Waals surface area contributed by atoms with Gasteiger partial charge in [-0.05, 0) is 75.6 Å². The molecule has 4 atom stereocenters. The van der Waals surface area contributed by atoms with Gasteiger partial charge < -0.3 is 10.2 Å². The average Bonchev–Trinajstić information content (AvgIpc) is 2.75. The second-order valence-corrected chi connectivity index (χ2v) is 9.01. The van der Waals surface area contributed by atoms with Gasteiger partial charge in [0.2, 0.25) is 11.8 Å². The summed E-state index contributed by atoms with van der Waals surface area (Å²) in [7, 11) is 0. The lowest BCUT2D eigenvalue weighted by molar-refractivity contribution is -0.146. The van der Waals surface area contributed by atoms with Gasteiger partial charge in [0.05, 0.1) is 0 Å². The van der Waals surface area contributed by atoms with Crippen molar-refractivity contribution in [2.24, 2.45) is 11.8 Å². The van der Waals surface area contributed by atoms with Gasteiger partial charge in [-0.2, -0.15) is 0 Å². The number of hydrogen-bond acceptors (Lipinski definition) is 3. The summed E-state index contributed by atoms with van der Waals surface area (Å²) < 4.78 is 0. The smallest absolute Gasteiger partial charge is 0.224 e. The number of nitrogens with zero attached hydrogens (tertiary/aromatic N) is 2. The maximum absolute atomic E-state index is 12.8. The maximum atomic E-state index is 12.8. The average molecular weight is 398 g/mol. The van der Waals surface area contributed by atoms with Crippen LogP contribution in [-0.2, 0) is 9.59 Å². The van der Waals surface area contributed by atoms with E-state index in [1.807, 2.05) is 37.3 Å². The molecular weight excluding hydrogens is 362 g/mol. The molecule has 1 aromatic rings. The Kier molecular flexibility index (Phi) is 6.53. The fourth-order valence-corrected chi connectivity index (χ4v) is 6.07. The molecule has 5 heteroatoms. The summed E-state index contributed by atoms with van der Waals surface area (Å²) in [4.78, 5) is 30.1. The molecule has 3 heterocycles. The van der Waals surface area contributed by atoms with Crippen LogP contribution in [-0.4, -0.2) is 53.3 Å². The topological polar surface area (TPSA) is 52.7 Å². The molecular formula is C24H35N3O2. The summed E-state index contributed by atoms with van der Waals surface area (Å²) in [6, 6.07) is 10.6. The second kappa shape index (κ2) is 9.29. The number of amides is 2. The molecule has 2 amide bonds. The quantitative estimate of drug-likeness (QED) is 0.792. The Morgan fingerprint density at radius 1 is 1.10 bits per heavy atom. The Morgan fingerprint density at radius 3 is 2.62 bits per heavy atom. The predicted molar refractivity (Wildman–Crippen MR) is 116 cm³/mol. The largest absolute Gasteiger partial charge is 0.339 e. The number of nitrogens with one attached hydrogen (secondary N) is 1. The van der Waals surface area contributed by atoms with Crippen molar-refractivity contribution in [3.05, 3.63) is 30.3 Å². The standard InChI is InChI=1S/C24H35N3O2/c1-2-23(29)27-17-18-9-7-15-26-16-8-12-20(24(18)26)21(27)13-6-14-22(28)25-19-10-4-3-5-11-19/h3-5,10-11,18,20-21,24H,2,6-9,12-17H2,1H3,(H,25,28)/t18-,20+,21+,24-/m0/s1. The van der Waals surface area contributed by atoms with Gasteiger partial charge in [0.1, 0.15) is 0 Å². The zero-order valence-electron chi connectivity index (χ0n) is 17.7. The van der Waals surface area contributed by atoms with Gasteiger partial charge in [-0.3, -0.25) is 14.5 Å². The molecule has 3 aliphatic rings. The summed E-state index contributed by atoms with van der Waals surface area (Å²) >= 11 is 0. The fraction of sp³-hybridized carbons (Fsp3) is 0.667. The molecule has 4 rings (SSSR count). The predicted octanol–water partition coefficient (Wildman–Crippen LogP) is 3.91. The Hall–Kier alpha value is -1.88. The number of carbonyl (C=O) groups is 2. The Labute approximate surface area is 174 Å². The van der Waals surface area contributed by atoms with Crippen LogP contribution < -0.4 is 5.32 Å². The molecule has 29 heavy (non-hydrogen) atoms. The monoisotopic (exact) mass is 397 g/mol. The zero-order chi connectivity index (χ0) is 20.2. The van der Waals surface area contributed by atoms with Gasteiger partial charge >= 0.3 is 0 Å². The van der Waals surface area contributed by atoms with E-state index in [4.69, 9.17) is 0 Å². The van der Waals surface area contributed by atoms with Crippen LogP contribution in [0, 0.1) is 11.8 Å². The molecule has 1 N–H and O–H groups in total. The van der Waals surface area contributed by atoms with Gasteiger partial charge in [0, 0.05) is 37.2 Å². The molecule has 0 unspecified atom stereocenters. The van der Waals surface area contributed by atoms with E-state index in [2.05, 4.69) is 15.1 Å². The van der Waals surface area contributed by atoms with Crippen molar-refractivity contribution in [2.75, 3.05) is 25.0 Å². The number of rotatable bonds is 6. The molecule has 3 saturated heterocycles. The number of piperidine rings is 3. The molecule has 158 valence electrons. The summed E-state index contributed by atoms with van der Waals surface area (Å²) in [6.45, 7) is 5.36. The number of likely N-dealkylation sites (tertiary alicyclic amines) is 1. The molecule has 1 aromatic carbocycles. The number of benzene rings is 1. The molecule has 0 spiro atoms. The van der Waals surface area contributed by atoms with E-state index in [1.54, 1.807) is 0 Å². The third kappa shape index (κ3) is 4.50. The van der Waals surface area contributed by atoms with E-state index < -0.39 is 0 Å². The molecule has 0 bridgehead atoms. The summed E-state index contributed by atoms with van der Waals surface area (Å²) in [5.74, 6) is 1.59. The lowest BCUT2D eigenvalue weighted by Gasteiger charge is -2.57. The molecule has 0 aliphatic carbocycles. The maximum Gasteiger partial charge on any atom is 0.224 e. The van der Waals surface area contributed by atoms with Crippen molar-refractivity contribution in [3.8, 4) is 0 Å². The molecule has 5 nitrogen and oxygen atoms in total. The van der Waals surface area contributed by atoms with E-state index in [0.29, 0.717) is 42.7 Å². The number of hydrogen-bond donors (Lipinski definition) is 1. The van der Waals surface area contributed by atoms with Gasteiger partial charge in [0.25, 0.3) is 0 Å². The van der Waals surface area contributed by atoms with E-state index in [1.165, 1.54) is 38.8 Å². The van der Waals surface area contributed by atoms with Crippen molar-refractivity contribution in [2.45, 2.75) is 70.4 Å². The number of carbonyl (C=O) groups excluding carboxylic acids is 2. The Balaban J connectivity index is 1.40. The first-order valence-corrected chi connectivity index (χ1v) is 11.6. The van der Waals surface area contributed by atoms with Crippen LogP contribution in [0.15, 0.2) is 30.3 Å². The van der Waals surface area contributed by atoms with Gasteiger partial charge in [-0.25, -0.2) is 0 Å². The number of anilines is 1. The van der Waals surface area contributed by atoms with Crippen LogP contribution in [0.4, 0.5) is 5.69 Å². The molecule has 0 radical (unpaired) electrons. The van der Waals surface area contributed by atoms with Crippen molar-refractivity contribution in [3.63, 3.8) is 0 Å². The van der Waals surface area contributed by atoms with E-state index in [9.17, 15) is 9.59 Å². The van der Waals surface area contributed by atoms with Crippen molar-refractivity contribution < 1.29 is 9.59 Å². The van der Waals surface area contributed by atoms with Gasteiger partial charge in [-0.1, -0.05) is 25.1 Å². The third-order valence-corrected chi connectivity index (χ3v) is 7.26. The molecule has 0 aromatic heterocycles. The summed E-state index contributed by atoms with van der Waals surface area (Å²) in [5.41, 5.74) is 0.853. The SMILES string of the molecule is CCC(=O)N1C[C@@H]2CCCN3CCC[C@@H]([C@H]23)[C@H]1CCCC(=O)Nc1ccccc1. The van der Waals surface area contributed by atoms with Crippen LogP contribution in [0.2, 0.25) is 0 Å². The highest BCUT2D eigenvalue weighted by Crippen LogP contribution is 2.43. The first kappa shape index (κ1) is 20.4. The highest BCUT2D eigenvalue weighted by molar-refractivity contribution is 5.90. The summed E-state index contributed by atoms with van der Waals surface area (Å²) in [5, 5.41) is 2.99. The first-order valence-electron chi connectivity index (χ1n) is 11.6. The van der Waals surface area contributed by atoms with Crippen LogP contribution in [0.25, 0.3) is 0 Å². The van der Waals surface area contributed by atoms with E-state index in [-0.39, 0.29) is 5.91 Å². The van der Waals surface area contributed by atoms with Crippen LogP contribution in [0.5, 0.6) is 0 Å². The fourth-order valence-electron chi connectivity index (χ4n) is 6.07. The van der Waals surface area contributed by atoms with Crippen molar-refractivity contribution >= 4 is 17.5 Å². The normalized spacial score (nSPS) is 29.2. The minimum Gasteiger partial charge on any atom is -0.339 e. The van der Waals surface area contributed by atoms with Crippen LogP contribution in [0.3, 0.4) is 0 Å². The highest BCUT2D eigenvalue weighted by atomic mass is 16.2. The van der Waals surface area contributed by atoms with E-state index >= 15 is 0 Å². The van der Waals surface area contributed by atoms with Crippen molar-refractivity contribution in [1.29, 1.82) is 0 Å². The highest BCUT2D eigenvalue weighted by Gasteiger charge is 2.49.